The monoisotopic (exact) mass is 274 g/mol. The van der Waals surface area contributed by atoms with E-state index in [0.29, 0.717) is 0 Å². The summed E-state index contributed by atoms with van der Waals surface area (Å²) in [5.41, 5.74) is 0.818. The van der Waals surface area contributed by atoms with Gasteiger partial charge in [-0.2, -0.15) is 5.10 Å². The summed E-state index contributed by atoms with van der Waals surface area (Å²) in [6.07, 6.45) is 0.113. The Morgan fingerprint density at radius 2 is 2.20 bits per heavy atom. The zero-order valence-corrected chi connectivity index (χ0v) is 10.7. The summed E-state index contributed by atoms with van der Waals surface area (Å²) < 4.78 is 2.73. The van der Waals surface area contributed by atoms with Gasteiger partial charge >= 0.3 is 5.97 Å². The average molecular weight is 275 g/mol. The van der Waals surface area contributed by atoms with E-state index in [4.69, 9.17) is 5.11 Å². The number of hydrogen-bond donors (Lipinski definition) is 1. The number of carboxylic acid groups (broad SMARTS) is 1. The van der Waals surface area contributed by atoms with Crippen LogP contribution in [0.15, 0.2) is 10.7 Å². The molecule has 0 aliphatic carbocycles. The largest absolute Gasteiger partial charge is 0.481 e. The number of aliphatic carboxylic acids is 1. The van der Waals surface area contributed by atoms with Crippen molar-refractivity contribution in [1.29, 1.82) is 0 Å². The van der Waals surface area contributed by atoms with Crippen LogP contribution in [0.5, 0.6) is 0 Å². The van der Waals surface area contributed by atoms with E-state index in [-0.39, 0.29) is 18.4 Å². The molecule has 0 saturated carbocycles. The number of carboxylic acids is 1. The van der Waals surface area contributed by atoms with Crippen molar-refractivity contribution >= 4 is 21.9 Å². The molecule has 1 rings (SSSR count). The molecule has 0 radical (unpaired) electrons. The maximum Gasteiger partial charge on any atom is 0.304 e. The zero-order chi connectivity index (χ0) is 11.6. The molecule has 0 fully saturated rings. The molecule has 1 unspecified atom stereocenters. The van der Waals surface area contributed by atoms with Crippen LogP contribution in [-0.2, 0) is 4.79 Å². The van der Waals surface area contributed by atoms with Crippen molar-refractivity contribution < 1.29 is 9.90 Å². The molecule has 15 heavy (non-hydrogen) atoms. The normalized spacial score (nSPS) is 13.1. The molecule has 0 spiro atoms. The molecular formula is C10H15BrN2O2. The van der Waals surface area contributed by atoms with Gasteiger partial charge in [0.25, 0.3) is 0 Å². The van der Waals surface area contributed by atoms with Gasteiger partial charge in [0.05, 0.1) is 12.1 Å². The molecule has 1 aromatic heterocycles. The molecule has 1 heterocycles. The van der Waals surface area contributed by atoms with Crippen LogP contribution in [0.3, 0.4) is 0 Å². The van der Waals surface area contributed by atoms with E-state index < -0.39 is 5.97 Å². The second-order valence-corrected chi connectivity index (χ2v) is 4.74. The Kier molecular flexibility index (Phi) is 3.90. The Hall–Kier alpha value is -0.840. The van der Waals surface area contributed by atoms with Gasteiger partial charge in [-0.25, -0.2) is 0 Å². The lowest BCUT2D eigenvalue weighted by Gasteiger charge is -2.07. The minimum atomic E-state index is -0.794. The Morgan fingerprint density at radius 3 is 2.60 bits per heavy atom. The first-order chi connectivity index (χ1) is 6.91. The SMILES string of the molecule is CC(CC(=O)O)c1cc(Br)n(C(C)C)n1. The van der Waals surface area contributed by atoms with Gasteiger partial charge in [-0.15, -0.1) is 0 Å². The van der Waals surface area contributed by atoms with E-state index in [9.17, 15) is 4.79 Å². The van der Waals surface area contributed by atoms with Crippen molar-refractivity contribution in [2.75, 3.05) is 0 Å². The third-order valence-corrected chi connectivity index (χ3v) is 2.78. The maximum absolute atomic E-state index is 10.6. The van der Waals surface area contributed by atoms with Gasteiger partial charge in [0.2, 0.25) is 0 Å². The van der Waals surface area contributed by atoms with Crippen LogP contribution in [0.4, 0.5) is 0 Å². The van der Waals surface area contributed by atoms with E-state index >= 15 is 0 Å². The van der Waals surface area contributed by atoms with Gasteiger partial charge in [0.15, 0.2) is 0 Å². The van der Waals surface area contributed by atoms with Gasteiger partial charge < -0.3 is 5.11 Å². The third kappa shape index (κ3) is 3.06. The van der Waals surface area contributed by atoms with Gasteiger partial charge in [-0.05, 0) is 35.8 Å². The Labute approximate surface area is 97.4 Å². The second-order valence-electron chi connectivity index (χ2n) is 3.93. The summed E-state index contributed by atoms with van der Waals surface area (Å²) in [5, 5.41) is 13.1. The fraction of sp³-hybridized carbons (Fsp3) is 0.600. The van der Waals surface area contributed by atoms with Crippen molar-refractivity contribution in [1.82, 2.24) is 9.78 Å². The first kappa shape index (κ1) is 12.2. The molecule has 5 heteroatoms. The fourth-order valence-corrected chi connectivity index (χ4v) is 2.08. The minimum Gasteiger partial charge on any atom is -0.481 e. The standard InChI is InChI=1S/C10H15BrN2O2/c1-6(2)13-9(11)5-8(12-13)7(3)4-10(14)15/h5-7H,4H2,1-3H3,(H,14,15). The van der Waals surface area contributed by atoms with Crippen LogP contribution in [0, 0.1) is 0 Å². The van der Waals surface area contributed by atoms with E-state index in [1.807, 2.05) is 31.5 Å². The number of hydrogen-bond acceptors (Lipinski definition) is 2. The predicted octanol–water partition coefficient (Wildman–Crippen LogP) is 2.80. The van der Waals surface area contributed by atoms with Crippen LogP contribution in [0.1, 0.15) is 44.8 Å². The van der Waals surface area contributed by atoms with Gasteiger partial charge in [0, 0.05) is 12.0 Å². The first-order valence-corrected chi connectivity index (χ1v) is 5.68. The Balaban J connectivity index is 2.87. The molecule has 1 aromatic rings. The van der Waals surface area contributed by atoms with Crippen LogP contribution in [-0.4, -0.2) is 20.9 Å². The lowest BCUT2D eigenvalue weighted by atomic mass is 10.1. The molecule has 4 nitrogen and oxygen atoms in total. The van der Waals surface area contributed by atoms with Gasteiger partial charge in [0.1, 0.15) is 4.60 Å². The topological polar surface area (TPSA) is 55.1 Å². The van der Waals surface area contributed by atoms with Crippen LogP contribution in [0.25, 0.3) is 0 Å². The average Bonchev–Trinajstić information content (AvgIpc) is 2.46. The summed E-state index contributed by atoms with van der Waals surface area (Å²) in [6.45, 7) is 5.93. The van der Waals surface area contributed by atoms with Crippen molar-refractivity contribution in [3.05, 3.63) is 16.4 Å². The van der Waals surface area contributed by atoms with Crippen molar-refractivity contribution in [3.63, 3.8) is 0 Å². The van der Waals surface area contributed by atoms with E-state index in [0.717, 1.165) is 10.3 Å². The van der Waals surface area contributed by atoms with Crippen LogP contribution < -0.4 is 0 Å². The summed E-state index contributed by atoms with van der Waals surface area (Å²) >= 11 is 3.41. The molecule has 1 atom stereocenters. The summed E-state index contributed by atoms with van der Waals surface area (Å²) in [7, 11) is 0. The molecule has 0 aliphatic heterocycles. The Bertz CT molecular complexity index is 360. The molecule has 0 saturated heterocycles. The number of aromatic nitrogens is 2. The molecule has 0 aliphatic rings. The van der Waals surface area contributed by atoms with E-state index in [1.54, 1.807) is 0 Å². The predicted molar refractivity (Wildman–Crippen MR) is 61.0 cm³/mol. The maximum atomic E-state index is 10.6. The molecule has 0 bridgehead atoms. The molecular weight excluding hydrogens is 260 g/mol. The highest BCUT2D eigenvalue weighted by atomic mass is 79.9. The second kappa shape index (κ2) is 4.79. The van der Waals surface area contributed by atoms with E-state index in [2.05, 4.69) is 21.0 Å². The first-order valence-electron chi connectivity index (χ1n) is 4.88. The number of nitrogens with zero attached hydrogens (tertiary/aromatic N) is 2. The molecule has 84 valence electrons. The van der Waals surface area contributed by atoms with E-state index in [1.165, 1.54) is 0 Å². The highest BCUT2D eigenvalue weighted by molar-refractivity contribution is 9.10. The number of carbonyl (C=O) groups is 1. The Morgan fingerprint density at radius 1 is 1.60 bits per heavy atom. The van der Waals surface area contributed by atoms with Crippen molar-refractivity contribution in [2.45, 2.75) is 39.2 Å². The number of halogens is 1. The van der Waals surface area contributed by atoms with Crippen molar-refractivity contribution in [2.24, 2.45) is 0 Å². The fourth-order valence-electron chi connectivity index (χ4n) is 1.36. The lowest BCUT2D eigenvalue weighted by Crippen LogP contribution is -2.06. The van der Waals surface area contributed by atoms with Gasteiger partial charge in [-0.3, -0.25) is 9.48 Å². The highest BCUT2D eigenvalue weighted by Crippen LogP contribution is 2.23. The zero-order valence-electron chi connectivity index (χ0n) is 9.07. The quantitative estimate of drug-likeness (QED) is 0.919. The third-order valence-electron chi connectivity index (χ3n) is 2.18. The van der Waals surface area contributed by atoms with Crippen molar-refractivity contribution in [3.8, 4) is 0 Å². The smallest absolute Gasteiger partial charge is 0.304 e. The van der Waals surface area contributed by atoms with Crippen LogP contribution in [0.2, 0.25) is 0 Å². The highest BCUT2D eigenvalue weighted by Gasteiger charge is 2.16. The van der Waals surface area contributed by atoms with Gasteiger partial charge in [-0.1, -0.05) is 6.92 Å². The minimum absolute atomic E-state index is 0.0567. The molecule has 0 aromatic carbocycles. The lowest BCUT2D eigenvalue weighted by molar-refractivity contribution is -0.137. The number of rotatable bonds is 4. The summed E-state index contributed by atoms with van der Waals surface area (Å²) in [4.78, 5) is 10.6. The summed E-state index contributed by atoms with van der Waals surface area (Å²) in [5.74, 6) is -0.850. The van der Waals surface area contributed by atoms with Crippen LogP contribution >= 0.6 is 15.9 Å². The molecule has 1 N–H and O–H groups in total. The molecule has 0 amide bonds. The summed E-state index contributed by atoms with van der Waals surface area (Å²) in [6, 6.07) is 2.15.